The number of carbonyl (C=O) groups is 1. The van der Waals surface area contributed by atoms with Crippen molar-refractivity contribution in [2.24, 2.45) is 0 Å². The molecule has 2 aromatic carbocycles. The summed E-state index contributed by atoms with van der Waals surface area (Å²) in [6, 6.07) is 8.18. The number of methoxy groups -OCH3 is 2. The minimum atomic E-state index is -3.67. The van der Waals surface area contributed by atoms with Crippen molar-refractivity contribution < 1.29 is 27.4 Å². The van der Waals surface area contributed by atoms with Gasteiger partial charge < -0.3 is 14.2 Å². The van der Waals surface area contributed by atoms with Gasteiger partial charge in [0.1, 0.15) is 6.61 Å². The van der Waals surface area contributed by atoms with Crippen LogP contribution in [-0.4, -0.2) is 47.0 Å². The fourth-order valence-electron chi connectivity index (χ4n) is 2.61. The molecular weight excluding hydrogens is 382 g/mol. The predicted octanol–water partition coefficient (Wildman–Crippen LogP) is 2.93. The molecule has 0 fully saturated rings. The topological polar surface area (TPSA) is 82.1 Å². The van der Waals surface area contributed by atoms with Crippen molar-refractivity contribution in [2.75, 3.05) is 28.3 Å². The van der Waals surface area contributed by atoms with Gasteiger partial charge in [-0.15, -0.1) is 0 Å². The smallest absolute Gasteiger partial charge is 0.338 e. The Morgan fingerprint density at radius 3 is 2.21 bits per heavy atom. The molecule has 0 saturated carbocycles. The number of sulfonamides is 1. The summed E-state index contributed by atoms with van der Waals surface area (Å²) in [5.74, 6) is 0.500. The highest BCUT2D eigenvalue weighted by Gasteiger charge is 2.23. The minimum Gasteiger partial charge on any atom is -0.493 e. The largest absolute Gasteiger partial charge is 0.493 e. The Morgan fingerprint density at radius 2 is 1.64 bits per heavy atom. The Kier molecular flexibility index (Phi) is 6.69. The molecule has 0 aliphatic rings. The van der Waals surface area contributed by atoms with Crippen molar-refractivity contribution in [3.63, 3.8) is 0 Å². The summed E-state index contributed by atoms with van der Waals surface area (Å²) in [4.78, 5) is 12.6. The van der Waals surface area contributed by atoms with Crippen molar-refractivity contribution in [1.82, 2.24) is 4.31 Å². The van der Waals surface area contributed by atoms with E-state index in [9.17, 15) is 13.2 Å². The molecule has 0 saturated heterocycles. The summed E-state index contributed by atoms with van der Waals surface area (Å²) in [5.41, 5.74) is 2.20. The molecule has 7 nitrogen and oxygen atoms in total. The summed E-state index contributed by atoms with van der Waals surface area (Å²) in [5, 5.41) is 0. The molecule has 0 radical (unpaired) electrons. The monoisotopic (exact) mass is 407 g/mol. The third kappa shape index (κ3) is 4.45. The van der Waals surface area contributed by atoms with E-state index in [-0.39, 0.29) is 17.1 Å². The number of ether oxygens (including phenoxy) is 3. The van der Waals surface area contributed by atoms with Crippen LogP contribution < -0.4 is 9.47 Å². The Balaban J connectivity index is 2.27. The van der Waals surface area contributed by atoms with E-state index in [1.54, 1.807) is 38.1 Å². The van der Waals surface area contributed by atoms with Crippen LogP contribution in [0, 0.1) is 13.8 Å². The summed E-state index contributed by atoms with van der Waals surface area (Å²) >= 11 is 0. The van der Waals surface area contributed by atoms with Gasteiger partial charge in [0.05, 0.1) is 24.7 Å². The van der Waals surface area contributed by atoms with Crippen LogP contribution in [0.15, 0.2) is 35.2 Å². The summed E-state index contributed by atoms with van der Waals surface area (Å²) < 4.78 is 42.0. The predicted molar refractivity (Wildman–Crippen MR) is 105 cm³/mol. The molecule has 0 aliphatic heterocycles. The Bertz CT molecular complexity index is 982. The first-order valence-corrected chi connectivity index (χ1v) is 9.97. The Labute approximate surface area is 165 Å². The lowest BCUT2D eigenvalue weighted by molar-refractivity contribution is 0.0472. The molecule has 28 heavy (non-hydrogen) atoms. The molecule has 152 valence electrons. The second kappa shape index (κ2) is 8.62. The van der Waals surface area contributed by atoms with E-state index in [0.29, 0.717) is 22.6 Å². The van der Waals surface area contributed by atoms with Crippen molar-refractivity contribution in [3.8, 4) is 11.5 Å². The van der Waals surface area contributed by atoms with Gasteiger partial charge in [0.15, 0.2) is 11.5 Å². The van der Waals surface area contributed by atoms with Gasteiger partial charge >= 0.3 is 5.97 Å². The molecule has 2 rings (SSSR count). The fraction of sp³-hybridized carbons (Fsp3) is 0.350. The molecule has 8 heteroatoms. The molecule has 0 heterocycles. The highest BCUT2D eigenvalue weighted by atomic mass is 32.2. The molecule has 0 bridgehead atoms. The maximum Gasteiger partial charge on any atom is 0.338 e. The van der Waals surface area contributed by atoms with Gasteiger partial charge in [-0.3, -0.25) is 0 Å². The third-order valence-electron chi connectivity index (χ3n) is 4.43. The zero-order chi connectivity index (χ0) is 21.1. The van der Waals surface area contributed by atoms with Crippen molar-refractivity contribution >= 4 is 16.0 Å². The van der Waals surface area contributed by atoms with E-state index < -0.39 is 16.0 Å². The number of rotatable bonds is 7. The highest BCUT2D eigenvalue weighted by molar-refractivity contribution is 7.89. The molecule has 0 N–H and O–H groups in total. The highest BCUT2D eigenvalue weighted by Crippen LogP contribution is 2.28. The van der Waals surface area contributed by atoms with E-state index in [1.165, 1.54) is 34.4 Å². The van der Waals surface area contributed by atoms with E-state index in [4.69, 9.17) is 14.2 Å². The van der Waals surface area contributed by atoms with Crippen LogP contribution in [0.1, 0.15) is 27.0 Å². The third-order valence-corrected chi connectivity index (χ3v) is 6.37. The van der Waals surface area contributed by atoms with Gasteiger partial charge in [-0.05, 0) is 54.8 Å². The van der Waals surface area contributed by atoms with Crippen LogP contribution in [0.25, 0.3) is 0 Å². The maximum absolute atomic E-state index is 12.5. The van der Waals surface area contributed by atoms with Crippen LogP contribution in [0.4, 0.5) is 0 Å². The number of esters is 1. The second-order valence-corrected chi connectivity index (χ2v) is 8.59. The van der Waals surface area contributed by atoms with Gasteiger partial charge in [-0.25, -0.2) is 17.5 Å². The van der Waals surface area contributed by atoms with Gasteiger partial charge in [0.2, 0.25) is 10.0 Å². The first-order chi connectivity index (χ1) is 13.1. The quantitative estimate of drug-likeness (QED) is 0.657. The molecule has 0 atom stereocenters. The average molecular weight is 407 g/mol. The molecule has 2 aromatic rings. The van der Waals surface area contributed by atoms with Gasteiger partial charge in [-0.2, -0.15) is 0 Å². The molecule has 0 aromatic heterocycles. The number of aryl methyl sites for hydroxylation is 1. The minimum absolute atomic E-state index is 0.0157. The number of carbonyl (C=O) groups excluding carboxylic acids is 1. The van der Waals surface area contributed by atoms with E-state index in [0.717, 1.165) is 9.87 Å². The Hall–Kier alpha value is -2.58. The van der Waals surface area contributed by atoms with Crippen LogP contribution >= 0.6 is 0 Å². The lowest BCUT2D eigenvalue weighted by atomic mass is 10.1. The lowest BCUT2D eigenvalue weighted by Gasteiger charge is -2.16. The number of hydrogen-bond acceptors (Lipinski definition) is 6. The molecule has 0 aliphatic carbocycles. The van der Waals surface area contributed by atoms with Crippen LogP contribution in [-0.2, 0) is 21.4 Å². The first kappa shape index (κ1) is 21.7. The number of benzene rings is 2. The van der Waals surface area contributed by atoms with Crippen LogP contribution in [0.2, 0.25) is 0 Å². The molecule has 0 unspecified atom stereocenters. The van der Waals surface area contributed by atoms with Crippen molar-refractivity contribution in [3.05, 3.63) is 52.6 Å². The fourth-order valence-corrected chi connectivity index (χ4v) is 3.83. The summed E-state index contributed by atoms with van der Waals surface area (Å²) in [7, 11) is 2.29. The zero-order valence-corrected chi connectivity index (χ0v) is 17.7. The molecular formula is C20H25NO6S. The number of nitrogens with zero attached hydrogens (tertiary/aromatic N) is 1. The second-order valence-electron chi connectivity index (χ2n) is 6.47. The van der Waals surface area contributed by atoms with E-state index >= 15 is 0 Å². The Morgan fingerprint density at radius 1 is 1.00 bits per heavy atom. The van der Waals surface area contributed by atoms with E-state index in [1.807, 2.05) is 0 Å². The van der Waals surface area contributed by atoms with Crippen molar-refractivity contribution in [1.29, 1.82) is 0 Å². The van der Waals surface area contributed by atoms with Crippen LogP contribution in [0.3, 0.4) is 0 Å². The number of hydrogen-bond donors (Lipinski definition) is 0. The van der Waals surface area contributed by atoms with Gasteiger partial charge in [0.25, 0.3) is 0 Å². The van der Waals surface area contributed by atoms with E-state index in [2.05, 4.69) is 0 Å². The molecule has 0 amide bonds. The normalized spacial score (nSPS) is 11.4. The maximum atomic E-state index is 12.5. The summed E-state index contributed by atoms with van der Waals surface area (Å²) in [6.07, 6.45) is 0. The average Bonchev–Trinajstić information content (AvgIpc) is 2.67. The van der Waals surface area contributed by atoms with Crippen molar-refractivity contribution in [2.45, 2.75) is 25.3 Å². The molecule has 0 spiro atoms. The standard InChI is InChI=1S/C20H25NO6S/c1-13-9-16(11-19(14(13)2)28(23,24)21(3)4)20(22)27-12-15-7-8-17(25-5)18(10-15)26-6/h7-11H,12H2,1-6H3. The van der Waals surface area contributed by atoms with Gasteiger partial charge in [0, 0.05) is 14.1 Å². The van der Waals surface area contributed by atoms with Crippen LogP contribution in [0.5, 0.6) is 11.5 Å². The SMILES string of the molecule is COc1ccc(COC(=O)c2cc(C)c(C)c(S(=O)(=O)N(C)C)c2)cc1OC. The van der Waals surface area contributed by atoms with Gasteiger partial charge in [-0.1, -0.05) is 6.07 Å². The lowest BCUT2D eigenvalue weighted by Crippen LogP contribution is -2.24. The summed E-state index contributed by atoms with van der Waals surface area (Å²) in [6.45, 7) is 3.49. The zero-order valence-electron chi connectivity index (χ0n) is 16.9. The first-order valence-electron chi connectivity index (χ1n) is 8.53.